The van der Waals surface area contributed by atoms with Gasteiger partial charge in [-0.3, -0.25) is 4.79 Å². The topological polar surface area (TPSA) is 37.3 Å². The van der Waals surface area contributed by atoms with Gasteiger partial charge in [-0.25, -0.2) is 0 Å². The molecule has 5 heteroatoms. The molecule has 1 N–H and O–H groups in total. The highest BCUT2D eigenvalue weighted by molar-refractivity contribution is 5.68. The van der Waals surface area contributed by atoms with E-state index in [9.17, 15) is 18.0 Å². The molecule has 100 valence electrons. The van der Waals surface area contributed by atoms with Crippen molar-refractivity contribution >= 4 is 5.97 Å². The molecule has 0 aliphatic heterocycles. The molecule has 0 aliphatic rings. The molecule has 2 nitrogen and oxygen atoms in total. The van der Waals surface area contributed by atoms with Gasteiger partial charge in [0.2, 0.25) is 0 Å². The van der Waals surface area contributed by atoms with E-state index >= 15 is 0 Å². The lowest BCUT2D eigenvalue weighted by atomic mass is 9.90. The maximum absolute atomic E-state index is 12.6. The molecular formula is C13H15F3O2. The van der Waals surface area contributed by atoms with Crippen LogP contribution in [0.15, 0.2) is 24.3 Å². The molecule has 0 saturated heterocycles. The summed E-state index contributed by atoms with van der Waals surface area (Å²) in [5.74, 6) is -1.36. The maximum Gasteiger partial charge on any atom is 0.416 e. The molecule has 1 rings (SSSR count). The Morgan fingerprint density at radius 1 is 1.39 bits per heavy atom. The highest BCUT2D eigenvalue weighted by Crippen LogP contribution is 2.33. The summed E-state index contributed by atoms with van der Waals surface area (Å²) in [6.07, 6.45) is -3.24. The van der Waals surface area contributed by atoms with Gasteiger partial charge in [-0.15, -0.1) is 0 Å². The Bertz CT molecular complexity index is 413. The molecule has 0 saturated carbocycles. The first-order chi connectivity index (χ1) is 8.34. The number of halogens is 3. The summed E-state index contributed by atoms with van der Waals surface area (Å²) in [5, 5.41) is 8.78. The van der Waals surface area contributed by atoms with E-state index in [1.807, 2.05) is 6.92 Å². The highest BCUT2D eigenvalue weighted by Gasteiger charge is 2.31. The Kier molecular flexibility index (Phi) is 4.76. The second-order valence-electron chi connectivity index (χ2n) is 4.21. The Morgan fingerprint density at radius 2 is 2.06 bits per heavy atom. The van der Waals surface area contributed by atoms with E-state index in [0.29, 0.717) is 12.0 Å². The minimum Gasteiger partial charge on any atom is -0.481 e. The van der Waals surface area contributed by atoms with Crippen molar-refractivity contribution in [3.8, 4) is 0 Å². The van der Waals surface area contributed by atoms with Gasteiger partial charge in [0.05, 0.1) is 12.0 Å². The molecule has 0 unspecified atom stereocenters. The second kappa shape index (κ2) is 5.89. The van der Waals surface area contributed by atoms with Gasteiger partial charge in [0.1, 0.15) is 0 Å². The summed E-state index contributed by atoms with van der Waals surface area (Å²) in [6, 6.07) is 4.91. The normalized spacial score (nSPS) is 13.3. The minimum absolute atomic E-state index is 0.144. The smallest absolute Gasteiger partial charge is 0.416 e. The number of rotatable bonds is 5. The summed E-state index contributed by atoms with van der Waals surface area (Å²) in [7, 11) is 0. The lowest BCUT2D eigenvalue weighted by Crippen LogP contribution is -2.09. The van der Waals surface area contributed by atoms with Crippen molar-refractivity contribution in [1.29, 1.82) is 0 Å². The van der Waals surface area contributed by atoms with Crippen molar-refractivity contribution in [2.45, 2.75) is 38.3 Å². The fourth-order valence-corrected chi connectivity index (χ4v) is 1.91. The zero-order valence-corrected chi connectivity index (χ0v) is 10.00. The molecule has 18 heavy (non-hydrogen) atoms. The lowest BCUT2D eigenvalue weighted by Gasteiger charge is -2.16. The fourth-order valence-electron chi connectivity index (χ4n) is 1.91. The summed E-state index contributed by atoms with van der Waals surface area (Å²) in [5.41, 5.74) is -0.291. The number of hydrogen-bond donors (Lipinski definition) is 1. The average molecular weight is 260 g/mol. The van der Waals surface area contributed by atoms with E-state index < -0.39 is 17.7 Å². The third kappa shape index (κ3) is 4.05. The van der Waals surface area contributed by atoms with Crippen LogP contribution in [-0.2, 0) is 11.0 Å². The lowest BCUT2D eigenvalue weighted by molar-refractivity contribution is -0.138. The Labute approximate surface area is 103 Å². The molecule has 0 aromatic heterocycles. The zero-order chi connectivity index (χ0) is 13.8. The van der Waals surface area contributed by atoms with Crippen LogP contribution >= 0.6 is 0 Å². The van der Waals surface area contributed by atoms with Crippen LogP contribution in [0.5, 0.6) is 0 Å². The van der Waals surface area contributed by atoms with Crippen LogP contribution in [-0.4, -0.2) is 11.1 Å². The predicted octanol–water partition coefficient (Wildman–Crippen LogP) is 4.06. The van der Waals surface area contributed by atoms with Gasteiger partial charge in [-0.05, 0) is 24.0 Å². The van der Waals surface area contributed by atoms with E-state index in [1.54, 1.807) is 6.07 Å². The van der Waals surface area contributed by atoms with E-state index in [-0.39, 0.29) is 12.3 Å². The van der Waals surface area contributed by atoms with E-state index in [2.05, 4.69) is 0 Å². The first kappa shape index (κ1) is 14.5. The summed E-state index contributed by atoms with van der Waals surface area (Å²) in [6.45, 7) is 1.88. The standard InChI is InChI=1S/C13H15F3O2/c1-2-4-9(8-12(17)18)10-5-3-6-11(7-10)13(14,15)16/h3,5-7,9H,2,4,8H2,1H3,(H,17,18)/t9-/m0/s1. The molecule has 0 amide bonds. The Morgan fingerprint density at radius 3 is 2.56 bits per heavy atom. The van der Waals surface area contributed by atoms with Gasteiger partial charge < -0.3 is 5.11 Å². The van der Waals surface area contributed by atoms with Gasteiger partial charge >= 0.3 is 12.1 Å². The summed E-state index contributed by atoms with van der Waals surface area (Å²) >= 11 is 0. The number of benzene rings is 1. The number of alkyl halides is 3. The molecule has 0 aliphatic carbocycles. The van der Waals surface area contributed by atoms with Crippen molar-refractivity contribution in [3.63, 3.8) is 0 Å². The van der Waals surface area contributed by atoms with E-state index in [0.717, 1.165) is 18.6 Å². The number of carboxylic acid groups (broad SMARTS) is 1. The van der Waals surface area contributed by atoms with Crippen LogP contribution in [0.1, 0.15) is 43.2 Å². The third-order valence-corrected chi connectivity index (χ3v) is 2.74. The van der Waals surface area contributed by atoms with Gasteiger partial charge in [0.25, 0.3) is 0 Å². The second-order valence-corrected chi connectivity index (χ2v) is 4.21. The van der Waals surface area contributed by atoms with E-state index in [4.69, 9.17) is 5.11 Å². The SMILES string of the molecule is CCC[C@@H](CC(=O)O)c1cccc(C(F)(F)F)c1. The molecule has 0 fully saturated rings. The Balaban J connectivity index is 3.01. The van der Waals surface area contributed by atoms with Crippen LogP contribution < -0.4 is 0 Å². The summed E-state index contributed by atoms with van der Waals surface area (Å²) in [4.78, 5) is 10.7. The average Bonchev–Trinajstić information content (AvgIpc) is 2.27. The number of carboxylic acids is 1. The van der Waals surface area contributed by atoms with Crippen molar-refractivity contribution in [3.05, 3.63) is 35.4 Å². The van der Waals surface area contributed by atoms with Crippen molar-refractivity contribution in [2.24, 2.45) is 0 Å². The largest absolute Gasteiger partial charge is 0.481 e. The molecule has 1 atom stereocenters. The molecular weight excluding hydrogens is 245 g/mol. The van der Waals surface area contributed by atoms with Gasteiger partial charge in [0.15, 0.2) is 0 Å². The fraction of sp³-hybridized carbons (Fsp3) is 0.462. The quantitative estimate of drug-likeness (QED) is 0.866. The van der Waals surface area contributed by atoms with Crippen LogP contribution in [0, 0.1) is 0 Å². The summed E-state index contributed by atoms with van der Waals surface area (Å²) < 4.78 is 37.7. The number of hydrogen-bond acceptors (Lipinski definition) is 1. The van der Waals surface area contributed by atoms with Crippen molar-refractivity contribution in [1.82, 2.24) is 0 Å². The van der Waals surface area contributed by atoms with Crippen LogP contribution in [0.25, 0.3) is 0 Å². The number of carbonyl (C=O) groups is 1. The molecule has 1 aromatic rings. The Hall–Kier alpha value is -1.52. The minimum atomic E-state index is -4.39. The number of aliphatic carboxylic acids is 1. The molecule has 0 bridgehead atoms. The van der Waals surface area contributed by atoms with Crippen molar-refractivity contribution in [2.75, 3.05) is 0 Å². The monoisotopic (exact) mass is 260 g/mol. The van der Waals surface area contributed by atoms with Crippen LogP contribution in [0.3, 0.4) is 0 Å². The molecule has 0 radical (unpaired) electrons. The highest BCUT2D eigenvalue weighted by atomic mass is 19.4. The van der Waals surface area contributed by atoms with Crippen LogP contribution in [0.2, 0.25) is 0 Å². The first-order valence-corrected chi connectivity index (χ1v) is 5.73. The van der Waals surface area contributed by atoms with Crippen LogP contribution in [0.4, 0.5) is 13.2 Å². The predicted molar refractivity (Wildman–Crippen MR) is 61.3 cm³/mol. The van der Waals surface area contributed by atoms with Crippen molar-refractivity contribution < 1.29 is 23.1 Å². The molecule has 0 heterocycles. The molecule has 1 aromatic carbocycles. The van der Waals surface area contributed by atoms with E-state index in [1.165, 1.54) is 6.07 Å². The van der Waals surface area contributed by atoms with Gasteiger partial charge in [-0.2, -0.15) is 13.2 Å². The third-order valence-electron chi connectivity index (χ3n) is 2.74. The molecule has 0 spiro atoms. The van der Waals surface area contributed by atoms with Gasteiger partial charge in [0, 0.05) is 0 Å². The first-order valence-electron chi connectivity index (χ1n) is 5.73. The maximum atomic E-state index is 12.6. The zero-order valence-electron chi connectivity index (χ0n) is 10.00. The van der Waals surface area contributed by atoms with Gasteiger partial charge in [-0.1, -0.05) is 31.5 Å².